The first kappa shape index (κ1) is 15.2. The minimum Gasteiger partial charge on any atom is -0.466 e. The number of carbonyl (C=O) groups is 1. The standard InChI is InChI=1S/C13H24O2Si/c1-12(14)15-10-7-8-13(2,3)9-11-16(4,5)6/h7-8,10H2,1-6H3. The molecular formula is C13H24O2Si. The topological polar surface area (TPSA) is 26.3 Å². The molecule has 0 aliphatic carbocycles. The summed E-state index contributed by atoms with van der Waals surface area (Å²) in [5, 5.41) is 0. The van der Waals surface area contributed by atoms with E-state index in [1.807, 2.05) is 0 Å². The van der Waals surface area contributed by atoms with E-state index in [4.69, 9.17) is 4.74 Å². The highest BCUT2D eigenvalue weighted by molar-refractivity contribution is 6.83. The summed E-state index contributed by atoms with van der Waals surface area (Å²) in [5.41, 5.74) is 3.42. The zero-order valence-corrected chi connectivity index (χ0v) is 12.4. The van der Waals surface area contributed by atoms with Crippen molar-refractivity contribution in [2.75, 3.05) is 6.61 Å². The fraction of sp³-hybridized carbons (Fsp3) is 0.769. The Morgan fingerprint density at radius 1 is 1.31 bits per heavy atom. The highest BCUT2D eigenvalue weighted by Gasteiger charge is 2.16. The lowest BCUT2D eigenvalue weighted by Crippen LogP contribution is -2.19. The van der Waals surface area contributed by atoms with Gasteiger partial charge in [-0.2, -0.15) is 0 Å². The van der Waals surface area contributed by atoms with Crippen LogP contribution in [0.5, 0.6) is 0 Å². The van der Waals surface area contributed by atoms with Gasteiger partial charge in [-0.15, -0.1) is 11.5 Å². The van der Waals surface area contributed by atoms with Crippen LogP contribution < -0.4 is 0 Å². The van der Waals surface area contributed by atoms with Gasteiger partial charge in [0.1, 0.15) is 8.07 Å². The molecule has 0 radical (unpaired) electrons. The van der Waals surface area contributed by atoms with Crippen LogP contribution in [-0.4, -0.2) is 20.7 Å². The van der Waals surface area contributed by atoms with Gasteiger partial charge >= 0.3 is 5.97 Å². The van der Waals surface area contributed by atoms with E-state index in [0.29, 0.717) is 6.61 Å². The molecule has 0 atom stereocenters. The molecule has 92 valence electrons. The van der Waals surface area contributed by atoms with Crippen molar-refractivity contribution >= 4 is 14.0 Å². The molecule has 0 aromatic heterocycles. The van der Waals surface area contributed by atoms with E-state index in [1.54, 1.807) is 0 Å². The molecule has 0 aliphatic heterocycles. The second-order valence-corrected chi connectivity index (χ2v) is 10.6. The number of hydrogen-bond acceptors (Lipinski definition) is 2. The van der Waals surface area contributed by atoms with Crippen molar-refractivity contribution in [2.45, 2.75) is 53.3 Å². The lowest BCUT2D eigenvalue weighted by Gasteiger charge is -2.18. The Hall–Kier alpha value is -0.753. The van der Waals surface area contributed by atoms with Gasteiger partial charge in [0.05, 0.1) is 6.61 Å². The van der Waals surface area contributed by atoms with Crippen LogP contribution in [-0.2, 0) is 9.53 Å². The molecule has 0 heterocycles. The molecule has 0 unspecified atom stereocenters. The number of hydrogen-bond donors (Lipinski definition) is 0. The summed E-state index contributed by atoms with van der Waals surface area (Å²) in [5.74, 6) is 3.16. The average molecular weight is 240 g/mol. The summed E-state index contributed by atoms with van der Waals surface area (Å²) in [7, 11) is -1.28. The molecule has 0 amide bonds. The van der Waals surface area contributed by atoms with Gasteiger partial charge in [0.15, 0.2) is 0 Å². The molecule has 0 saturated heterocycles. The molecular weight excluding hydrogens is 216 g/mol. The molecule has 0 aromatic carbocycles. The molecule has 2 nitrogen and oxygen atoms in total. The zero-order valence-electron chi connectivity index (χ0n) is 11.4. The van der Waals surface area contributed by atoms with Crippen LogP contribution in [0, 0.1) is 16.9 Å². The van der Waals surface area contributed by atoms with Crippen molar-refractivity contribution in [3.05, 3.63) is 0 Å². The number of ether oxygens (including phenoxy) is 1. The van der Waals surface area contributed by atoms with E-state index in [0.717, 1.165) is 12.8 Å². The molecule has 0 aliphatic rings. The van der Waals surface area contributed by atoms with E-state index in [9.17, 15) is 4.79 Å². The number of rotatable bonds is 4. The van der Waals surface area contributed by atoms with Crippen LogP contribution in [0.4, 0.5) is 0 Å². The molecule has 0 aromatic rings. The lowest BCUT2D eigenvalue weighted by molar-refractivity contribution is -0.141. The molecule has 0 saturated carbocycles. The maximum Gasteiger partial charge on any atom is 0.302 e. The molecule has 0 rings (SSSR count). The molecule has 0 spiro atoms. The third-order valence-electron chi connectivity index (χ3n) is 2.03. The number of esters is 1. The van der Waals surface area contributed by atoms with Crippen LogP contribution in [0.3, 0.4) is 0 Å². The summed E-state index contributed by atoms with van der Waals surface area (Å²) in [6.07, 6.45) is 1.85. The molecule has 0 N–H and O–H groups in total. The van der Waals surface area contributed by atoms with Crippen LogP contribution in [0.15, 0.2) is 0 Å². The quantitative estimate of drug-likeness (QED) is 0.326. The molecule has 16 heavy (non-hydrogen) atoms. The predicted octanol–water partition coefficient (Wildman–Crippen LogP) is 3.24. The number of carbonyl (C=O) groups excluding carboxylic acids is 1. The largest absolute Gasteiger partial charge is 0.466 e. The zero-order chi connectivity index (χ0) is 12.8. The smallest absolute Gasteiger partial charge is 0.302 e. The van der Waals surface area contributed by atoms with Crippen LogP contribution in [0.25, 0.3) is 0 Å². The first-order chi connectivity index (χ1) is 7.12. The van der Waals surface area contributed by atoms with Gasteiger partial charge in [-0.25, -0.2) is 0 Å². The molecule has 0 fully saturated rings. The Labute approximate surface area is 101 Å². The SMILES string of the molecule is CC(=O)OCCCC(C)(C)C#C[Si](C)(C)C. The lowest BCUT2D eigenvalue weighted by atomic mass is 9.89. The highest BCUT2D eigenvalue weighted by atomic mass is 28.3. The van der Waals surface area contributed by atoms with Gasteiger partial charge in [-0.05, 0) is 26.7 Å². The second-order valence-electron chi connectivity index (χ2n) is 5.83. The van der Waals surface area contributed by atoms with Crippen LogP contribution >= 0.6 is 0 Å². The van der Waals surface area contributed by atoms with E-state index in [2.05, 4.69) is 45.0 Å². The summed E-state index contributed by atoms with van der Waals surface area (Å²) < 4.78 is 4.90. The van der Waals surface area contributed by atoms with Crippen molar-refractivity contribution in [1.82, 2.24) is 0 Å². The fourth-order valence-electron chi connectivity index (χ4n) is 1.15. The third kappa shape index (κ3) is 9.79. The Kier molecular flexibility index (Phi) is 5.81. The first-order valence-corrected chi connectivity index (χ1v) is 9.30. The maximum absolute atomic E-state index is 10.6. The Bertz CT molecular complexity index is 289. The molecule has 3 heteroatoms. The van der Waals surface area contributed by atoms with Crippen molar-refractivity contribution in [2.24, 2.45) is 5.41 Å². The van der Waals surface area contributed by atoms with Crippen molar-refractivity contribution in [3.8, 4) is 11.5 Å². The Balaban J connectivity index is 4.04. The van der Waals surface area contributed by atoms with Crippen molar-refractivity contribution in [3.63, 3.8) is 0 Å². The maximum atomic E-state index is 10.6. The monoisotopic (exact) mass is 240 g/mol. The summed E-state index contributed by atoms with van der Waals surface area (Å²) in [6.45, 7) is 13.0. The third-order valence-corrected chi connectivity index (χ3v) is 2.90. The van der Waals surface area contributed by atoms with Crippen LogP contribution in [0.2, 0.25) is 19.6 Å². The van der Waals surface area contributed by atoms with Gasteiger partial charge < -0.3 is 4.74 Å². The van der Waals surface area contributed by atoms with Crippen LogP contribution in [0.1, 0.15) is 33.6 Å². The highest BCUT2D eigenvalue weighted by Crippen LogP contribution is 2.21. The van der Waals surface area contributed by atoms with Gasteiger partial charge in [-0.3, -0.25) is 4.79 Å². The van der Waals surface area contributed by atoms with Gasteiger partial charge in [-0.1, -0.05) is 19.6 Å². The van der Waals surface area contributed by atoms with Gasteiger partial charge in [0.2, 0.25) is 0 Å². The summed E-state index contributed by atoms with van der Waals surface area (Å²) in [6, 6.07) is 0. The second kappa shape index (κ2) is 6.10. The summed E-state index contributed by atoms with van der Waals surface area (Å²) >= 11 is 0. The summed E-state index contributed by atoms with van der Waals surface area (Å²) in [4.78, 5) is 10.6. The Morgan fingerprint density at radius 2 is 1.88 bits per heavy atom. The minimum absolute atomic E-state index is 0.0282. The van der Waals surface area contributed by atoms with E-state index in [-0.39, 0.29) is 11.4 Å². The van der Waals surface area contributed by atoms with Gasteiger partial charge in [0, 0.05) is 12.3 Å². The van der Waals surface area contributed by atoms with E-state index < -0.39 is 8.07 Å². The Morgan fingerprint density at radius 3 is 2.31 bits per heavy atom. The fourth-order valence-corrected chi connectivity index (χ4v) is 1.86. The average Bonchev–Trinajstić information content (AvgIpc) is 2.08. The molecule has 0 bridgehead atoms. The van der Waals surface area contributed by atoms with E-state index >= 15 is 0 Å². The predicted molar refractivity (Wildman–Crippen MR) is 70.8 cm³/mol. The van der Waals surface area contributed by atoms with Gasteiger partial charge in [0.25, 0.3) is 0 Å². The van der Waals surface area contributed by atoms with Crippen molar-refractivity contribution < 1.29 is 9.53 Å². The van der Waals surface area contributed by atoms with Crippen molar-refractivity contribution in [1.29, 1.82) is 0 Å². The minimum atomic E-state index is -1.28. The van der Waals surface area contributed by atoms with E-state index in [1.165, 1.54) is 6.92 Å². The normalized spacial score (nSPS) is 11.6. The first-order valence-electron chi connectivity index (χ1n) is 5.80.